The van der Waals surface area contributed by atoms with Crippen molar-refractivity contribution in [3.63, 3.8) is 0 Å². The first kappa shape index (κ1) is 16.8. The summed E-state index contributed by atoms with van der Waals surface area (Å²) in [6, 6.07) is 5.78. The van der Waals surface area contributed by atoms with Crippen LogP contribution in [0, 0.1) is 6.92 Å². The number of hydrogen-bond acceptors (Lipinski definition) is 4. The molecule has 1 fully saturated rings. The van der Waals surface area contributed by atoms with E-state index in [2.05, 4.69) is 11.8 Å². The van der Waals surface area contributed by atoms with Crippen LogP contribution in [0.4, 0.5) is 5.69 Å². The number of ether oxygens (including phenoxy) is 1. The summed E-state index contributed by atoms with van der Waals surface area (Å²) in [5.74, 6) is 0.757. The molecule has 6 heteroatoms. The minimum Gasteiger partial charge on any atom is -0.482 e. The molecule has 0 N–H and O–H groups in total. The zero-order valence-corrected chi connectivity index (χ0v) is 14.5. The first-order chi connectivity index (χ1) is 11.6. The van der Waals surface area contributed by atoms with Crippen LogP contribution in [-0.4, -0.2) is 67.5 Å². The van der Waals surface area contributed by atoms with Crippen molar-refractivity contribution in [2.24, 2.45) is 0 Å². The summed E-state index contributed by atoms with van der Waals surface area (Å²) < 4.78 is 5.50. The van der Waals surface area contributed by atoms with Gasteiger partial charge in [0.1, 0.15) is 5.75 Å². The van der Waals surface area contributed by atoms with Crippen LogP contribution < -0.4 is 9.64 Å². The molecule has 6 nitrogen and oxygen atoms in total. The van der Waals surface area contributed by atoms with Crippen LogP contribution in [0.25, 0.3) is 0 Å². The maximum atomic E-state index is 12.4. The van der Waals surface area contributed by atoms with Crippen LogP contribution in [0.3, 0.4) is 0 Å². The van der Waals surface area contributed by atoms with Gasteiger partial charge in [0.15, 0.2) is 6.61 Å². The van der Waals surface area contributed by atoms with E-state index in [-0.39, 0.29) is 18.4 Å². The average molecular weight is 331 g/mol. The van der Waals surface area contributed by atoms with E-state index in [1.54, 1.807) is 4.90 Å². The molecule has 0 aromatic heterocycles. The Bertz CT molecular complexity index is 624. The van der Waals surface area contributed by atoms with Gasteiger partial charge < -0.3 is 19.4 Å². The SMILES string of the molecule is CCN1CCN(C(=O)CCN2C(=O)COc3cc(C)ccc32)CC1. The maximum Gasteiger partial charge on any atom is 0.265 e. The molecule has 0 aliphatic carbocycles. The third-order valence-corrected chi connectivity index (χ3v) is 4.78. The molecule has 0 saturated carbocycles. The summed E-state index contributed by atoms with van der Waals surface area (Å²) in [6.45, 7) is 9.02. The van der Waals surface area contributed by atoms with Crippen molar-refractivity contribution < 1.29 is 14.3 Å². The number of aryl methyl sites for hydroxylation is 1. The quantitative estimate of drug-likeness (QED) is 0.834. The fourth-order valence-electron chi connectivity index (χ4n) is 3.24. The smallest absolute Gasteiger partial charge is 0.265 e. The zero-order valence-electron chi connectivity index (χ0n) is 14.5. The molecule has 1 aromatic rings. The monoisotopic (exact) mass is 331 g/mol. The van der Waals surface area contributed by atoms with Crippen molar-refractivity contribution in [3.05, 3.63) is 23.8 Å². The number of nitrogens with zero attached hydrogens (tertiary/aromatic N) is 3. The van der Waals surface area contributed by atoms with Crippen molar-refractivity contribution in [3.8, 4) is 5.75 Å². The minimum atomic E-state index is -0.0880. The average Bonchev–Trinajstić information content (AvgIpc) is 2.60. The fraction of sp³-hybridized carbons (Fsp3) is 0.556. The lowest BCUT2D eigenvalue weighted by atomic mass is 10.1. The molecule has 130 valence electrons. The molecule has 0 spiro atoms. The van der Waals surface area contributed by atoms with E-state index in [1.165, 1.54) is 0 Å². The Morgan fingerprint density at radius 1 is 1.21 bits per heavy atom. The summed E-state index contributed by atoms with van der Waals surface area (Å²) in [5.41, 5.74) is 1.85. The van der Waals surface area contributed by atoms with E-state index < -0.39 is 0 Å². The first-order valence-corrected chi connectivity index (χ1v) is 8.62. The van der Waals surface area contributed by atoms with Crippen molar-refractivity contribution >= 4 is 17.5 Å². The van der Waals surface area contributed by atoms with Crippen LogP contribution in [0.2, 0.25) is 0 Å². The Kier molecular flexibility index (Phi) is 5.04. The van der Waals surface area contributed by atoms with Gasteiger partial charge in [0, 0.05) is 39.1 Å². The molecule has 0 bridgehead atoms. The summed E-state index contributed by atoms with van der Waals surface area (Å²) in [7, 11) is 0. The predicted octanol–water partition coefficient (Wildman–Crippen LogP) is 1.27. The Morgan fingerprint density at radius 2 is 1.96 bits per heavy atom. The highest BCUT2D eigenvalue weighted by molar-refractivity contribution is 5.98. The van der Waals surface area contributed by atoms with E-state index in [4.69, 9.17) is 4.74 Å². The standard InChI is InChI=1S/C18H25N3O3/c1-3-19-8-10-20(11-9-19)17(22)6-7-21-15-5-4-14(2)12-16(15)24-13-18(21)23/h4-5,12H,3,6-11,13H2,1-2H3. The lowest BCUT2D eigenvalue weighted by molar-refractivity contribution is -0.132. The summed E-state index contributed by atoms with van der Waals surface area (Å²) in [6.07, 6.45) is 0.352. The lowest BCUT2D eigenvalue weighted by Crippen LogP contribution is -2.49. The summed E-state index contributed by atoms with van der Waals surface area (Å²) in [4.78, 5) is 30.6. The van der Waals surface area contributed by atoms with Gasteiger partial charge in [-0.1, -0.05) is 13.0 Å². The largest absolute Gasteiger partial charge is 0.482 e. The number of hydrogen-bond donors (Lipinski definition) is 0. The number of carbonyl (C=O) groups excluding carboxylic acids is 2. The number of likely N-dealkylation sites (N-methyl/N-ethyl adjacent to an activating group) is 1. The van der Waals surface area contributed by atoms with Gasteiger partial charge in [-0.2, -0.15) is 0 Å². The van der Waals surface area contributed by atoms with Gasteiger partial charge in [0.2, 0.25) is 5.91 Å². The second kappa shape index (κ2) is 7.21. The van der Waals surface area contributed by atoms with Crippen molar-refractivity contribution in [1.82, 2.24) is 9.80 Å². The molecule has 2 heterocycles. The highest BCUT2D eigenvalue weighted by Gasteiger charge is 2.27. The lowest BCUT2D eigenvalue weighted by Gasteiger charge is -2.35. The number of piperazine rings is 1. The van der Waals surface area contributed by atoms with Crippen LogP contribution in [0.15, 0.2) is 18.2 Å². The van der Waals surface area contributed by atoms with Crippen LogP contribution in [-0.2, 0) is 9.59 Å². The molecule has 2 aliphatic rings. The molecule has 24 heavy (non-hydrogen) atoms. The predicted molar refractivity (Wildman–Crippen MR) is 92.3 cm³/mol. The second-order valence-electron chi connectivity index (χ2n) is 6.37. The molecular formula is C18H25N3O3. The van der Waals surface area contributed by atoms with E-state index >= 15 is 0 Å². The van der Waals surface area contributed by atoms with Gasteiger partial charge in [-0.05, 0) is 31.2 Å². The molecule has 1 saturated heterocycles. The van der Waals surface area contributed by atoms with E-state index in [0.717, 1.165) is 49.7 Å². The van der Waals surface area contributed by atoms with Gasteiger partial charge in [-0.3, -0.25) is 9.59 Å². The van der Waals surface area contributed by atoms with Crippen LogP contribution in [0.1, 0.15) is 18.9 Å². The highest BCUT2D eigenvalue weighted by Crippen LogP contribution is 2.32. The summed E-state index contributed by atoms with van der Waals surface area (Å²) in [5, 5.41) is 0. The normalized spacial score (nSPS) is 18.3. The number of amides is 2. The fourth-order valence-corrected chi connectivity index (χ4v) is 3.24. The molecular weight excluding hydrogens is 306 g/mol. The Hall–Kier alpha value is -2.08. The topological polar surface area (TPSA) is 53.1 Å². The first-order valence-electron chi connectivity index (χ1n) is 8.62. The third-order valence-electron chi connectivity index (χ3n) is 4.78. The van der Waals surface area contributed by atoms with Crippen molar-refractivity contribution in [1.29, 1.82) is 0 Å². The van der Waals surface area contributed by atoms with Gasteiger partial charge in [0.05, 0.1) is 5.69 Å². The van der Waals surface area contributed by atoms with Gasteiger partial charge >= 0.3 is 0 Å². The number of fused-ring (bicyclic) bond motifs is 1. The Balaban J connectivity index is 1.60. The van der Waals surface area contributed by atoms with Gasteiger partial charge in [0.25, 0.3) is 5.91 Å². The second-order valence-corrected chi connectivity index (χ2v) is 6.37. The van der Waals surface area contributed by atoms with Crippen LogP contribution >= 0.6 is 0 Å². The van der Waals surface area contributed by atoms with E-state index in [1.807, 2.05) is 30.0 Å². The number of carbonyl (C=O) groups is 2. The Labute approximate surface area is 143 Å². The summed E-state index contributed by atoms with van der Waals surface area (Å²) >= 11 is 0. The third kappa shape index (κ3) is 3.53. The number of benzene rings is 1. The van der Waals surface area contributed by atoms with Gasteiger partial charge in [-0.25, -0.2) is 0 Å². The number of rotatable bonds is 4. The minimum absolute atomic E-state index is 0.0415. The molecule has 0 radical (unpaired) electrons. The molecule has 3 rings (SSSR count). The maximum absolute atomic E-state index is 12.4. The van der Waals surface area contributed by atoms with Gasteiger partial charge in [-0.15, -0.1) is 0 Å². The molecule has 2 aliphatic heterocycles. The number of anilines is 1. The van der Waals surface area contributed by atoms with Crippen molar-refractivity contribution in [2.45, 2.75) is 20.3 Å². The molecule has 1 aromatic carbocycles. The highest BCUT2D eigenvalue weighted by atomic mass is 16.5. The van der Waals surface area contributed by atoms with E-state index in [9.17, 15) is 9.59 Å². The molecule has 0 unspecified atom stereocenters. The Morgan fingerprint density at radius 3 is 2.67 bits per heavy atom. The van der Waals surface area contributed by atoms with Crippen LogP contribution in [0.5, 0.6) is 5.75 Å². The zero-order chi connectivity index (χ0) is 17.1. The molecule has 0 atom stereocenters. The molecule has 2 amide bonds. The van der Waals surface area contributed by atoms with E-state index in [0.29, 0.717) is 13.0 Å². The van der Waals surface area contributed by atoms with Crippen molar-refractivity contribution in [2.75, 3.05) is 50.8 Å².